The third-order valence-corrected chi connectivity index (χ3v) is 8.89. The summed E-state index contributed by atoms with van der Waals surface area (Å²) in [5.74, 6) is -1.26. The van der Waals surface area contributed by atoms with Crippen LogP contribution in [0, 0.1) is 28.6 Å². The molecule has 0 saturated heterocycles. The minimum absolute atomic E-state index is 0.0114. The van der Waals surface area contributed by atoms with Crippen molar-refractivity contribution in [1.29, 1.82) is 0 Å². The van der Waals surface area contributed by atoms with E-state index in [4.69, 9.17) is 0 Å². The smallest absolute Gasteiger partial charge is 0.218 e. The molecule has 4 rings (SSSR count). The van der Waals surface area contributed by atoms with E-state index < -0.39 is 39.2 Å². The third-order valence-electron chi connectivity index (χ3n) is 8.55. The average Bonchev–Trinajstić information content (AvgIpc) is 2.79. The summed E-state index contributed by atoms with van der Waals surface area (Å²) in [6.45, 7) is 5.36. The van der Waals surface area contributed by atoms with E-state index in [-0.39, 0.29) is 24.0 Å². The molecule has 0 radical (unpaired) electrons. The second-order valence-electron chi connectivity index (χ2n) is 9.47. The van der Waals surface area contributed by atoms with Crippen molar-refractivity contribution < 1.29 is 24.2 Å². The third kappa shape index (κ3) is 2.02. The first-order chi connectivity index (χ1) is 12.4. The zero-order valence-electron chi connectivity index (χ0n) is 15.9. The van der Waals surface area contributed by atoms with E-state index in [1.807, 2.05) is 0 Å². The number of thiol groups is 1. The molecule has 0 amide bonds. The minimum Gasteiger partial charge on any atom is -0.390 e. The van der Waals surface area contributed by atoms with Gasteiger partial charge in [0.1, 0.15) is 5.60 Å². The van der Waals surface area contributed by atoms with Crippen LogP contribution in [0.4, 0.5) is 4.39 Å². The Morgan fingerprint density at radius 1 is 1.33 bits per heavy atom. The Balaban J connectivity index is 1.85. The molecular formula is C21H27FO4S. The van der Waals surface area contributed by atoms with Crippen LogP contribution in [0.15, 0.2) is 23.8 Å². The molecule has 0 spiro atoms. The number of carbonyl (C=O) groups is 2. The second kappa shape index (κ2) is 5.55. The van der Waals surface area contributed by atoms with Gasteiger partial charge in [-0.05, 0) is 56.6 Å². The maximum atomic E-state index is 16.8. The predicted molar refractivity (Wildman–Crippen MR) is 102 cm³/mol. The van der Waals surface area contributed by atoms with E-state index in [0.717, 1.165) is 5.57 Å². The topological polar surface area (TPSA) is 74.6 Å². The fourth-order valence-corrected chi connectivity index (χ4v) is 7.48. The Kier molecular flexibility index (Phi) is 3.97. The normalized spacial score (nSPS) is 54.0. The molecule has 3 fully saturated rings. The lowest BCUT2D eigenvalue weighted by Gasteiger charge is -2.62. The molecule has 148 valence electrons. The van der Waals surface area contributed by atoms with Crippen molar-refractivity contribution in [2.75, 3.05) is 0 Å². The molecule has 27 heavy (non-hydrogen) atoms. The summed E-state index contributed by atoms with van der Waals surface area (Å²) in [6, 6.07) is 0. The molecule has 4 nitrogen and oxygen atoms in total. The highest BCUT2D eigenvalue weighted by molar-refractivity contribution is 7.96. The molecule has 5 unspecified atom stereocenters. The predicted octanol–water partition coefficient (Wildman–Crippen LogP) is 2.79. The number of aliphatic hydroxyl groups is 2. The summed E-state index contributed by atoms with van der Waals surface area (Å²) in [7, 11) is 0. The lowest BCUT2D eigenvalue weighted by Crippen LogP contribution is -2.69. The van der Waals surface area contributed by atoms with E-state index in [1.165, 1.54) is 12.2 Å². The summed E-state index contributed by atoms with van der Waals surface area (Å²) in [6.07, 6.45) is 4.71. The van der Waals surface area contributed by atoms with Gasteiger partial charge < -0.3 is 10.2 Å². The standard InChI is InChI=1S/C21H27FO4S/c1-11-8-15-14-5-4-12-9-13(23)6-7-18(12,2)20(14,22)16(24)10-19(15,3)21(11,26)17(25)27/h6-7,9,11,14-16,24,26H,4-5,8,10H2,1-3H3,(H,25,27)/t11-,14?,15?,16?,18?,19?,20+,21+/m1/s1. The van der Waals surface area contributed by atoms with Gasteiger partial charge >= 0.3 is 0 Å². The monoisotopic (exact) mass is 394 g/mol. The van der Waals surface area contributed by atoms with Crippen LogP contribution in [-0.2, 0) is 9.59 Å². The molecule has 8 atom stereocenters. The molecular weight excluding hydrogens is 367 g/mol. The second-order valence-corrected chi connectivity index (χ2v) is 9.88. The Morgan fingerprint density at radius 3 is 2.63 bits per heavy atom. The summed E-state index contributed by atoms with van der Waals surface area (Å²) in [5, 5.41) is 21.8. The summed E-state index contributed by atoms with van der Waals surface area (Å²) < 4.78 is 16.8. The first kappa shape index (κ1) is 19.3. The highest BCUT2D eigenvalue weighted by Gasteiger charge is 2.75. The molecule has 4 aliphatic carbocycles. The van der Waals surface area contributed by atoms with Gasteiger partial charge in [0, 0.05) is 16.7 Å². The van der Waals surface area contributed by atoms with E-state index >= 15 is 4.39 Å². The molecule has 0 heterocycles. The van der Waals surface area contributed by atoms with Crippen LogP contribution in [0.3, 0.4) is 0 Å². The summed E-state index contributed by atoms with van der Waals surface area (Å²) in [4.78, 5) is 24.1. The number of ketones is 1. The number of allylic oxidation sites excluding steroid dienone is 4. The van der Waals surface area contributed by atoms with Crippen LogP contribution in [0.1, 0.15) is 46.5 Å². The Morgan fingerprint density at radius 2 is 2.00 bits per heavy atom. The number of hydrogen-bond donors (Lipinski definition) is 3. The molecule has 2 N–H and O–H groups in total. The van der Waals surface area contributed by atoms with Crippen LogP contribution < -0.4 is 0 Å². The minimum atomic E-state index is -1.94. The van der Waals surface area contributed by atoms with Crippen LogP contribution in [0.25, 0.3) is 0 Å². The van der Waals surface area contributed by atoms with Crippen molar-refractivity contribution in [2.24, 2.45) is 28.6 Å². The number of alkyl halides is 1. The van der Waals surface area contributed by atoms with Gasteiger partial charge in [-0.2, -0.15) is 0 Å². The highest BCUT2D eigenvalue weighted by Crippen LogP contribution is 2.70. The maximum absolute atomic E-state index is 16.8. The SMILES string of the molecule is C[C@@H]1CC2C3CCC4=CC(=O)C=CC4(C)[C@@]3(F)C(O)CC2(C)[C@@]1(O)C(=O)S. The van der Waals surface area contributed by atoms with Gasteiger partial charge in [-0.15, -0.1) is 12.6 Å². The van der Waals surface area contributed by atoms with E-state index in [2.05, 4.69) is 12.6 Å². The van der Waals surface area contributed by atoms with Crippen LogP contribution in [0.2, 0.25) is 0 Å². The first-order valence-electron chi connectivity index (χ1n) is 9.70. The molecule has 0 aromatic heterocycles. The van der Waals surface area contributed by atoms with E-state index in [0.29, 0.717) is 19.3 Å². The van der Waals surface area contributed by atoms with Crippen molar-refractivity contribution in [3.63, 3.8) is 0 Å². The number of aliphatic hydroxyl groups excluding tert-OH is 1. The number of rotatable bonds is 1. The maximum Gasteiger partial charge on any atom is 0.218 e. The molecule has 0 aromatic carbocycles. The number of hydrogen-bond acceptors (Lipinski definition) is 4. The van der Waals surface area contributed by atoms with E-state index in [9.17, 15) is 19.8 Å². The molecule has 4 aliphatic rings. The van der Waals surface area contributed by atoms with Gasteiger partial charge in [0.2, 0.25) is 5.12 Å². The van der Waals surface area contributed by atoms with Crippen molar-refractivity contribution in [2.45, 2.75) is 63.8 Å². The van der Waals surface area contributed by atoms with Gasteiger partial charge in [-0.1, -0.05) is 25.5 Å². The van der Waals surface area contributed by atoms with Gasteiger partial charge in [0.05, 0.1) is 6.10 Å². The number of fused-ring (bicyclic) bond motifs is 5. The van der Waals surface area contributed by atoms with Crippen LogP contribution in [-0.4, -0.2) is 38.5 Å². The molecule has 0 bridgehead atoms. The average molecular weight is 395 g/mol. The largest absolute Gasteiger partial charge is 0.390 e. The highest BCUT2D eigenvalue weighted by atomic mass is 32.1. The van der Waals surface area contributed by atoms with Crippen molar-refractivity contribution >= 4 is 23.5 Å². The van der Waals surface area contributed by atoms with Crippen molar-refractivity contribution in [1.82, 2.24) is 0 Å². The van der Waals surface area contributed by atoms with Crippen molar-refractivity contribution in [3.05, 3.63) is 23.8 Å². The summed E-state index contributed by atoms with van der Waals surface area (Å²) in [5.41, 5.74) is -4.89. The molecule has 3 saturated carbocycles. The zero-order chi connectivity index (χ0) is 20.0. The zero-order valence-corrected chi connectivity index (χ0v) is 16.8. The van der Waals surface area contributed by atoms with Crippen LogP contribution in [0.5, 0.6) is 0 Å². The quantitative estimate of drug-likeness (QED) is 0.598. The Bertz CT molecular complexity index is 793. The fourth-order valence-electron chi connectivity index (χ4n) is 7.00. The number of halogens is 1. The Hall–Kier alpha value is -0.980. The van der Waals surface area contributed by atoms with Gasteiger partial charge in [0.15, 0.2) is 11.5 Å². The fraction of sp³-hybridized carbons (Fsp3) is 0.714. The van der Waals surface area contributed by atoms with Crippen LogP contribution >= 0.6 is 12.6 Å². The first-order valence-corrected chi connectivity index (χ1v) is 10.1. The van der Waals surface area contributed by atoms with Gasteiger partial charge in [-0.25, -0.2) is 4.39 Å². The van der Waals surface area contributed by atoms with Gasteiger partial charge in [0.25, 0.3) is 0 Å². The number of carbonyl (C=O) groups excluding carboxylic acids is 2. The van der Waals surface area contributed by atoms with Crippen molar-refractivity contribution in [3.8, 4) is 0 Å². The lowest BCUT2D eigenvalue weighted by atomic mass is 9.45. The van der Waals surface area contributed by atoms with Gasteiger partial charge in [-0.3, -0.25) is 9.59 Å². The Labute approximate surface area is 164 Å². The molecule has 0 aliphatic heterocycles. The lowest BCUT2D eigenvalue weighted by molar-refractivity contribution is -0.216. The summed E-state index contributed by atoms with van der Waals surface area (Å²) >= 11 is 3.96. The molecule has 0 aromatic rings. The molecule has 6 heteroatoms. The van der Waals surface area contributed by atoms with E-state index in [1.54, 1.807) is 26.8 Å².